The Morgan fingerprint density at radius 1 is 0.931 bits per heavy atom. The molecule has 3 rings (SSSR count). The number of fused-ring (bicyclic) bond motifs is 1. The Kier molecular flexibility index (Phi) is 5.68. The van der Waals surface area contributed by atoms with E-state index in [9.17, 15) is 9.59 Å². The maximum atomic E-state index is 13.2. The molecule has 0 aromatic heterocycles. The van der Waals surface area contributed by atoms with Crippen LogP contribution in [0.15, 0.2) is 36.4 Å². The van der Waals surface area contributed by atoms with Crippen molar-refractivity contribution in [3.8, 4) is 0 Å². The predicted octanol–water partition coefficient (Wildman–Crippen LogP) is 4.72. The van der Waals surface area contributed by atoms with Crippen molar-refractivity contribution in [1.82, 2.24) is 0 Å². The smallest absolute Gasteiger partial charge is 0.338 e. The highest BCUT2D eigenvalue weighted by Crippen LogP contribution is 2.46. The zero-order valence-electron chi connectivity index (χ0n) is 18.0. The summed E-state index contributed by atoms with van der Waals surface area (Å²) in [7, 11) is 0. The summed E-state index contributed by atoms with van der Waals surface area (Å²) < 4.78 is 4.91. The van der Waals surface area contributed by atoms with Crippen molar-refractivity contribution in [3.05, 3.63) is 69.8 Å². The van der Waals surface area contributed by atoms with E-state index < -0.39 is 5.97 Å². The van der Waals surface area contributed by atoms with E-state index in [1.165, 1.54) is 11.1 Å². The van der Waals surface area contributed by atoms with Gasteiger partial charge in [0.1, 0.15) is 6.61 Å². The molecule has 0 fully saturated rings. The third-order valence-corrected chi connectivity index (χ3v) is 6.15. The van der Waals surface area contributed by atoms with Crippen molar-refractivity contribution in [1.29, 1.82) is 0 Å². The van der Waals surface area contributed by atoms with E-state index >= 15 is 0 Å². The van der Waals surface area contributed by atoms with E-state index in [4.69, 9.17) is 9.84 Å². The maximum Gasteiger partial charge on any atom is 0.338 e. The lowest BCUT2D eigenvalue weighted by Crippen LogP contribution is -2.34. The van der Waals surface area contributed by atoms with Crippen LogP contribution in [0.4, 0.5) is 0 Å². The second kappa shape index (κ2) is 7.75. The van der Waals surface area contributed by atoms with Crippen LogP contribution in [0.25, 0.3) is 0 Å². The number of esters is 1. The number of hydrogen-bond donors (Lipinski definition) is 1. The third-order valence-electron chi connectivity index (χ3n) is 6.15. The highest BCUT2D eigenvalue weighted by molar-refractivity contribution is 6.10. The molecule has 0 amide bonds. The highest BCUT2D eigenvalue weighted by Gasteiger charge is 2.37. The fourth-order valence-electron chi connectivity index (χ4n) is 4.10. The molecule has 0 bridgehead atoms. The SMILES string of the molecule is Cc1cc2c(cc1C(=O)c1ccc(C(=O)OCCO)cc1)C(C)(C)CCC2(C)C. The van der Waals surface area contributed by atoms with Crippen LogP contribution in [-0.4, -0.2) is 30.1 Å². The summed E-state index contributed by atoms with van der Waals surface area (Å²) in [5, 5.41) is 8.76. The van der Waals surface area contributed by atoms with Gasteiger partial charge in [-0.3, -0.25) is 4.79 Å². The molecule has 2 aromatic carbocycles. The van der Waals surface area contributed by atoms with Crippen LogP contribution in [0.5, 0.6) is 0 Å². The van der Waals surface area contributed by atoms with Crippen LogP contribution in [0, 0.1) is 6.92 Å². The van der Waals surface area contributed by atoms with Crippen LogP contribution in [0.1, 0.15) is 83.5 Å². The molecule has 0 saturated heterocycles. The van der Waals surface area contributed by atoms with E-state index in [-0.39, 0.29) is 29.8 Å². The summed E-state index contributed by atoms with van der Waals surface area (Å²) in [5.74, 6) is -0.549. The lowest BCUT2D eigenvalue weighted by molar-refractivity contribution is 0.0433. The van der Waals surface area contributed by atoms with Gasteiger partial charge in [-0.2, -0.15) is 0 Å². The minimum absolute atomic E-state index is 0.0356. The van der Waals surface area contributed by atoms with Crippen LogP contribution in [0.2, 0.25) is 0 Å². The third kappa shape index (κ3) is 4.13. The zero-order valence-corrected chi connectivity index (χ0v) is 18.0. The van der Waals surface area contributed by atoms with Gasteiger partial charge in [-0.1, -0.05) is 45.9 Å². The Bertz CT molecular complexity index is 936. The van der Waals surface area contributed by atoms with E-state index in [1.807, 2.05) is 6.92 Å². The molecule has 4 nitrogen and oxygen atoms in total. The highest BCUT2D eigenvalue weighted by atomic mass is 16.5. The van der Waals surface area contributed by atoms with Crippen molar-refractivity contribution in [3.63, 3.8) is 0 Å². The lowest BCUT2D eigenvalue weighted by atomic mass is 9.62. The molecule has 0 unspecified atom stereocenters. The van der Waals surface area contributed by atoms with Crippen molar-refractivity contribution in [2.75, 3.05) is 13.2 Å². The molecule has 0 aliphatic heterocycles. The first kappa shape index (κ1) is 21.3. The fraction of sp³-hybridized carbons (Fsp3) is 0.440. The zero-order chi connectivity index (χ0) is 21.4. The van der Waals surface area contributed by atoms with Crippen LogP contribution < -0.4 is 0 Å². The van der Waals surface area contributed by atoms with Crippen LogP contribution in [-0.2, 0) is 15.6 Å². The number of aryl methyl sites for hydroxylation is 1. The summed E-state index contributed by atoms with van der Waals surface area (Å²) >= 11 is 0. The largest absolute Gasteiger partial charge is 0.460 e. The number of rotatable bonds is 5. The van der Waals surface area contributed by atoms with Gasteiger partial charge in [0, 0.05) is 11.1 Å². The monoisotopic (exact) mass is 394 g/mol. The van der Waals surface area contributed by atoms with Gasteiger partial charge < -0.3 is 9.84 Å². The average molecular weight is 395 g/mol. The Hall–Kier alpha value is -2.46. The molecule has 0 heterocycles. The topological polar surface area (TPSA) is 63.6 Å². The van der Waals surface area contributed by atoms with Crippen molar-refractivity contribution < 1.29 is 19.4 Å². The van der Waals surface area contributed by atoms with Gasteiger partial charge in [0.2, 0.25) is 0 Å². The molecular weight excluding hydrogens is 364 g/mol. The minimum atomic E-state index is -0.507. The summed E-state index contributed by atoms with van der Waals surface area (Å²) in [4.78, 5) is 25.1. The number of aliphatic hydroxyl groups is 1. The lowest BCUT2D eigenvalue weighted by Gasteiger charge is -2.42. The number of aliphatic hydroxyl groups excluding tert-OH is 1. The Labute approximate surface area is 172 Å². The number of hydrogen-bond acceptors (Lipinski definition) is 4. The molecule has 0 spiro atoms. The van der Waals surface area contributed by atoms with Gasteiger partial charge in [-0.15, -0.1) is 0 Å². The molecular formula is C25H30O4. The van der Waals surface area contributed by atoms with Gasteiger partial charge in [0.25, 0.3) is 0 Å². The maximum absolute atomic E-state index is 13.2. The van der Waals surface area contributed by atoms with E-state index in [0.29, 0.717) is 16.7 Å². The van der Waals surface area contributed by atoms with Crippen molar-refractivity contribution in [2.45, 2.75) is 58.3 Å². The van der Waals surface area contributed by atoms with Gasteiger partial charge in [0.15, 0.2) is 5.78 Å². The molecule has 1 aliphatic rings. The molecule has 1 N–H and O–H groups in total. The Morgan fingerprint density at radius 2 is 1.45 bits per heavy atom. The molecule has 0 radical (unpaired) electrons. The Balaban J connectivity index is 1.95. The first-order valence-electron chi connectivity index (χ1n) is 10.2. The van der Waals surface area contributed by atoms with Gasteiger partial charge in [0.05, 0.1) is 12.2 Å². The molecule has 2 aromatic rings. The Morgan fingerprint density at radius 3 is 2.00 bits per heavy atom. The average Bonchev–Trinajstić information content (AvgIpc) is 2.69. The van der Waals surface area contributed by atoms with E-state index in [2.05, 4.69) is 39.8 Å². The normalized spacial score (nSPS) is 16.8. The summed E-state index contributed by atoms with van der Waals surface area (Å²) in [6.45, 7) is 10.8. The number of benzene rings is 2. The van der Waals surface area contributed by atoms with Crippen LogP contribution in [0.3, 0.4) is 0 Å². The van der Waals surface area contributed by atoms with Gasteiger partial charge in [-0.25, -0.2) is 4.79 Å². The summed E-state index contributed by atoms with van der Waals surface area (Å²) in [5.41, 5.74) is 5.33. The quantitative estimate of drug-likeness (QED) is 0.588. The first-order valence-corrected chi connectivity index (χ1v) is 10.2. The fourth-order valence-corrected chi connectivity index (χ4v) is 4.10. The number of ketones is 1. The van der Waals surface area contributed by atoms with E-state index in [1.54, 1.807) is 24.3 Å². The molecule has 0 atom stereocenters. The number of carbonyl (C=O) groups is 2. The minimum Gasteiger partial charge on any atom is -0.460 e. The predicted molar refractivity (Wildman–Crippen MR) is 114 cm³/mol. The molecule has 0 saturated carbocycles. The first-order chi connectivity index (χ1) is 13.6. The van der Waals surface area contributed by atoms with Crippen molar-refractivity contribution >= 4 is 11.8 Å². The second-order valence-electron chi connectivity index (χ2n) is 9.25. The molecule has 1 aliphatic carbocycles. The second-order valence-corrected chi connectivity index (χ2v) is 9.25. The molecule has 29 heavy (non-hydrogen) atoms. The van der Waals surface area contributed by atoms with Gasteiger partial charge >= 0.3 is 5.97 Å². The summed E-state index contributed by atoms with van der Waals surface area (Å²) in [6.07, 6.45) is 2.22. The van der Waals surface area contributed by atoms with Crippen LogP contribution >= 0.6 is 0 Å². The summed E-state index contributed by atoms with van der Waals surface area (Å²) in [6, 6.07) is 10.8. The van der Waals surface area contributed by atoms with Crippen molar-refractivity contribution in [2.24, 2.45) is 0 Å². The molecule has 4 heteroatoms. The van der Waals surface area contributed by atoms with Gasteiger partial charge in [-0.05, 0) is 65.5 Å². The van der Waals surface area contributed by atoms with E-state index in [0.717, 1.165) is 18.4 Å². The standard InChI is InChI=1S/C25H30O4/c1-16-14-20-21(25(4,5)11-10-24(20,2)3)15-19(16)22(27)17-6-8-18(9-7-17)23(28)29-13-12-26/h6-9,14-15,26H,10-13H2,1-5H3. The number of ether oxygens (including phenoxy) is 1. The molecule has 154 valence electrons. The number of carbonyl (C=O) groups excluding carboxylic acids is 2.